The van der Waals surface area contributed by atoms with E-state index in [4.69, 9.17) is 6.42 Å². The molecule has 156 valence electrons. The molecule has 3 aromatic rings. The molecule has 0 unspecified atom stereocenters. The molecule has 0 saturated carbocycles. The summed E-state index contributed by atoms with van der Waals surface area (Å²) in [6.45, 7) is 6.20. The molecule has 0 aliphatic carbocycles. The smallest absolute Gasteiger partial charge is 0.252 e. The van der Waals surface area contributed by atoms with Gasteiger partial charge >= 0.3 is 0 Å². The van der Waals surface area contributed by atoms with Crippen molar-refractivity contribution in [1.82, 2.24) is 4.57 Å². The second-order valence-electron chi connectivity index (χ2n) is 7.29. The van der Waals surface area contributed by atoms with Crippen LogP contribution < -0.4 is 4.80 Å². The fraction of sp³-hybridized carbons (Fsp3) is 0.304. The van der Waals surface area contributed by atoms with Crippen molar-refractivity contribution >= 4 is 37.3 Å². The van der Waals surface area contributed by atoms with E-state index in [9.17, 15) is 13.2 Å². The van der Waals surface area contributed by atoms with Crippen LogP contribution in [0.5, 0.6) is 0 Å². The van der Waals surface area contributed by atoms with Crippen molar-refractivity contribution in [3.8, 4) is 12.3 Å². The van der Waals surface area contributed by atoms with Crippen LogP contribution in [0.2, 0.25) is 0 Å². The highest BCUT2D eigenvalue weighted by Gasteiger charge is 2.13. The Bertz CT molecular complexity index is 1290. The predicted molar refractivity (Wildman–Crippen MR) is 121 cm³/mol. The Kier molecular flexibility index (Phi) is 6.59. The molecule has 0 aliphatic rings. The van der Waals surface area contributed by atoms with Gasteiger partial charge in [-0.15, -0.1) is 6.42 Å². The molecule has 0 radical (unpaired) electrons. The highest BCUT2D eigenvalue weighted by atomic mass is 32.2. The number of benzene rings is 2. The summed E-state index contributed by atoms with van der Waals surface area (Å²) in [5, 5.41) is 0. The standard InChI is InChI=1S/C23H24N2O3S2/c1-5-13-25-20-12-9-18(16(3)4)15-21(20)29-23(25)24-22(26)14-17-7-10-19(11-8-17)30(27,28)6-2/h1,7-12,15-16H,6,13-14H2,2-4H3. The second kappa shape index (κ2) is 8.99. The zero-order valence-corrected chi connectivity index (χ0v) is 18.9. The van der Waals surface area contributed by atoms with Gasteiger partial charge in [0.1, 0.15) is 0 Å². The first-order valence-electron chi connectivity index (χ1n) is 9.71. The zero-order valence-electron chi connectivity index (χ0n) is 17.3. The van der Waals surface area contributed by atoms with E-state index < -0.39 is 9.84 Å². The summed E-state index contributed by atoms with van der Waals surface area (Å²) in [5.41, 5.74) is 2.89. The highest BCUT2D eigenvalue weighted by molar-refractivity contribution is 7.91. The van der Waals surface area contributed by atoms with Gasteiger partial charge in [0.2, 0.25) is 0 Å². The van der Waals surface area contributed by atoms with E-state index in [0.29, 0.717) is 22.8 Å². The van der Waals surface area contributed by atoms with Gasteiger partial charge in [0.15, 0.2) is 14.6 Å². The molecule has 0 spiro atoms. The van der Waals surface area contributed by atoms with Crippen LogP contribution in [-0.2, 0) is 27.6 Å². The van der Waals surface area contributed by atoms with E-state index in [0.717, 1.165) is 10.2 Å². The third-order valence-electron chi connectivity index (χ3n) is 4.86. The maximum Gasteiger partial charge on any atom is 0.252 e. The summed E-state index contributed by atoms with van der Waals surface area (Å²) >= 11 is 1.44. The summed E-state index contributed by atoms with van der Waals surface area (Å²) < 4.78 is 26.8. The predicted octanol–water partition coefficient (Wildman–Crippen LogP) is 3.92. The van der Waals surface area contributed by atoms with Crippen LogP contribution in [-0.4, -0.2) is 24.6 Å². The first kappa shape index (κ1) is 22.0. The Morgan fingerprint density at radius 1 is 1.20 bits per heavy atom. The number of terminal acetylenes is 1. The summed E-state index contributed by atoms with van der Waals surface area (Å²) in [7, 11) is -3.26. The van der Waals surface area contributed by atoms with Gasteiger partial charge < -0.3 is 4.57 Å². The maximum atomic E-state index is 12.6. The number of rotatable bonds is 6. The number of hydrogen-bond acceptors (Lipinski definition) is 4. The molecule has 3 rings (SSSR count). The van der Waals surface area contributed by atoms with E-state index in [1.807, 2.05) is 10.6 Å². The summed E-state index contributed by atoms with van der Waals surface area (Å²) in [6.07, 6.45) is 5.62. The van der Waals surface area contributed by atoms with Gasteiger partial charge in [0.05, 0.1) is 33.8 Å². The molecule has 5 nitrogen and oxygen atoms in total. The van der Waals surface area contributed by atoms with Crippen molar-refractivity contribution in [2.75, 3.05) is 5.75 Å². The Morgan fingerprint density at radius 3 is 2.50 bits per heavy atom. The normalized spacial score (nSPS) is 12.4. The minimum absolute atomic E-state index is 0.0419. The topological polar surface area (TPSA) is 68.5 Å². The maximum absolute atomic E-state index is 12.6. The number of carbonyl (C=O) groups is 1. The van der Waals surface area contributed by atoms with E-state index in [-0.39, 0.29) is 23.0 Å². The number of hydrogen-bond donors (Lipinski definition) is 0. The third-order valence-corrected chi connectivity index (χ3v) is 7.65. The summed E-state index contributed by atoms with van der Waals surface area (Å²) in [5.74, 6) is 2.77. The molecule has 1 aromatic heterocycles. The average Bonchev–Trinajstić information content (AvgIpc) is 3.04. The first-order valence-corrected chi connectivity index (χ1v) is 12.2. The van der Waals surface area contributed by atoms with Crippen molar-refractivity contribution < 1.29 is 13.2 Å². The molecule has 0 fully saturated rings. The Hall–Kier alpha value is -2.69. The molecule has 0 bridgehead atoms. The van der Waals surface area contributed by atoms with Crippen molar-refractivity contribution in [2.24, 2.45) is 4.99 Å². The lowest BCUT2D eigenvalue weighted by molar-refractivity contribution is -0.117. The van der Waals surface area contributed by atoms with Crippen molar-refractivity contribution in [2.45, 2.75) is 44.6 Å². The number of thiazole rings is 1. The first-order chi connectivity index (χ1) is 14.2. The quantitative estimate of drug-likeness (QED) is 0.546. The largest absolute Gasteiger partial charge is 0.305 e. The monoisotopic (exact) mass is 440 g/mol. The molecule has 0 aliphatic heterocycles. The van der Waals surface area contributed by atoms with E-state index in [2.05, 4.69) is 36.9 Å². The minimum Gasteiger partial charge on any atom is -0.305 e. The van der Waals surface area contributed by atoms with E-state index >= 15 is 0 Å². The number of nitrogens with zero attached hydrogens (tertiary/aromatic N) is 2. The number of aromatic nitrogens is 1. The molecule has 0 atom stereocenters. The van der Waals surface area contributed by atoms with Gasteiger partial charge in [-0.25, -0.2) is 8.42 Å². The lowest BCUT2D eigenvalue weighted by atomic mass is 10.0. The highest BCUT2D eigenvalue weighted by Crippen LogP contribution is 2.23. The molecule has 30 heavy (non-hydrogen) atoms. The fourth-order valence-electron chi connectivity index (χ4n) is 3.08. The molecular weight excluding hydrogens is 416 g/mol. The second-order valence-corrected chi connectivity index (χ2v) is 10.6. The van der Waals surface area contributed by atoms with Gasteiger partial charge in [-0.1, -0.05) is 56.2 Å². The lowest BCUT2D eigenvalue weighted by Crippen LogP contribution is -2.17. The van der Waals surface area contributed by atoms with Crippen LogP contribution in [0.4, 0.5) is 0 Å². The number of fused-ring (bicyclic) bond motifs is 1. The van der Waals surface area contributed by atoms with Crippen molar-refractivity contribution in [3.05, 3.63) is 58.4 Å². The van der Waals surface area contributed by atoms with Gasteiger partial charge in [-0.05, 0) is 41.3 Å². The summed E-state index contributed by atoms with van der Waals surface area (Å²) in [4.78, 5) is 17.7. The number of sulfone groups is 1. The SMILES string of the molecule is C#CCn1c(=NC(=O)Cc2ccc(S(=O)(=O)CC)cc2)sc2cc(C(C)C)ccc21. The van der Waals surface area contributed by atoms with Crippen molar-refractivity contribution in [1.29, 1.82) is 0 Å². The van der Waals surface area contributed by atoms with Gasteiger partial charge in [-0.2, -0.15) is 4.99 Å². The molecule has 2 aromatic carbocycles. The molecule has 0 N–H and O–H groups in total. The molecule has 0 saturated heterocycles. The lowest BCUT2D eigenvalue weighted by Gasteiger charge is -2.05. The fourth-order valence-corrected chi connectivity index (χ4v) is 5.06. The number of amides is 1. The van der Waals surface area contributed by atoms with Crippen LogP contribution in [0.15, 0.2) is 52.4 Å². The Labute approximate surface area is 181 Å². The molecular formula is C23H24N2O3S2. The van der Waals surface area contributed by atoms with Crippen molar-refractivity contribution in [3.63, 3.8) is 0 Å². The van der Waals surface area contributed by atoms with Crippen LogP contribution in [0.1, 0.15) is 37.8 Å². The Balaban J connectivity index is 1.92. The van der Waals surface area contributed by atoms with E-state index in [1.165, 1.54) is 29.0 Å². The van der Waals surface area contributed by atoms with Gasteiger partial charge in [0, 0.05) is 0 Å². The molecule has 1 amide bonds. The minimum atomic E-state index is -3.26. The number of carbonyl (C=O) groups excluding carboxylic acids is 1. The molecule has 1 heterocycles. The van der Waals surface area contributed by atoms with Gasteiger partial charge in [-0.3, -0.25) is 4.79 Å². The Morgan fingerprint density at radius 2 is 1.90 bits per heavy atom. The van der Waals surface area contributed by atoms with Crippen LogP contribution in [0.25, 0.3) is 10.2 Å². The molecule has 7 heteroatoms. The van der Waals surface area contributed by atoms with Crippen LogP contribution in [0.3, 0.4) is 0 Å². The zero-order chi connectivity index (χ0) is 21.9. The van der Waals surface area contributed by atoms with Crippen LogP contribution >= 0.6 is 11.3 Å². The average molecular weight is 441 g/mol. The third kappa shape index (κ3) is 4.72. The van der Waals surface area contributed by atoms with Gasteiger partial charge in [0.25, 0.3) is 5.91 Å². The van der Waals surface area contributed by atoms with Crippen LogP contribution in [0, 0.1) is 12.3 Å². The van der Waals surface area contributed by atoms with E-state index in [1.54, 1.807) is 19.1 Å². The summed E-state index contributed by atoms with van der Waals surface area (Å²) in [6, 6.07) is 12.6.